The highest BCUT2D eigenvalue weighted by Gasteiger charge is 2.34. The van der Waals surface area contributed by atoms with Crippen LogP contribution < -0.4 is 10.1 Å². The molecule has 0 radical (unpaired) electrons. The van der Waals surface area contributed by atoms with Crippen molar-refractivity contribution in [1.82, 2.24) is 5.32 Å². The Labute approximate surface area is 140 Å². The minimum absolute atomic E-state index is 0.113. The number of ether oxygens (including phenoxy) is 1. The van der Waals surface area contributed by atoms with Crippen molar-refractivity contribution >= 4 is 17.2 Å². The summed E-state index contributed by atoms with van der Waals surface area (Å²) in [5, 5.41) is 12.9. The van der Waals surface area contributed by atoms with E-state index < -0.39 is 5.60 Å². The number of nitrogens with one attached hydrogen (secondary N) is 1. The van der Waals surface area contributed by atoms with Gasteiger partial charge in [-0.1, -0.05) is 12.1 Å². The lowest BCUT2D eigenvalue weighted by molar-refractivity contribution is -0.0300. The maximum Gasteiger partial charge on any atom is 0.261 e. The summed E-state index contributed by atoms with van der Waals surface area (Å²) in [6.45, 7) is 2.35. The fourth-order valence-electron chi connectivity index (χ4n) is 2.74. The van der Waals surface area contributed by atoms with Crippen LogP contribution in [0.25, 0.3) is 11.1 Å². The molecule has 2 N–H and O–H groups in total. The minimum Gasteiger partial charge on any atom is -0.497 e. The molecule has 1 heterocycles. The van der Waals surface area contributed by atoms with Gasteiger partial charge in [-0.05, 0) is 55.5 Å². The van der Waals surface area contributed by atoms with Crippen LogP contribution in [0.5, 0.6) is 5.75 Å². The first-order valence-corrected chi connectivity index (χ1v) is 8.58. The van der Waals surface area contributed by atoms with Crippen molar-refractivity contribution in [2.75, 3.05) is 13.7 Å². The largest absolute Gasteiger partial charge is 0.497 e. The van der Waals surface area contributed by atoms with Crippen LogP contribution in [0.2, 0.25) is 0 Å². The van der Waals surface area contributed by atoms with Gasteiger partial charge >= 0.3 is 0 Å². The Kier molecular flexibility index (Phi) is 4.41. The van der Waals surface area contributed by atoms with Gasteiger partial charge in [-0.2, -0.15) is 0 Å². The summed E-state index contributed by atoms with van der Waals surface area (Å²) < 4.78 is 5.17. The number of rotatable bonds is 5. The number of thiophene rings is 1. The number of hydrogen-bond acceptors (Lipinski definition) is 4. The van der Waals surface area contributed by atoms with Gasteiger partial charge in [0, 0.05) is 11.4 Å². The number of aliphatic hydroxyl groups is 1. The first kappa shape index (κ1) is 16.0. The average Bonchev–Trinajstić information content (AvgIpc) is 2.93. The number of amides is 1. The van der Waals surface area contributed by atoms with E-state index in [1.54, 1.807) is 7.11 Å². The first-order chi connectivity index (χ1) is 11.0. The van der Waals surface area contributed by atoms with Crippen LogP contribution >= 0.6 is 11.3 Å². The molecule has 4 nitrogen and oxygen atoms in total. The Morgan fingerprint density at radius 1 is 1.35 bits per heavy atom. The Morgan fingerprint density at radius 3 is 2.61 bits per heavy atom. The van der Waals surface area contributed by atoms with Crippen molar-refractivity contribution in [3.05, 3.63) is 40.1 Å². The molecule has 1 aromatic heterocycles. The minimum atomic E-state index is -0.694. The fourth-order valence-corrected chi connectivity index (χ4v) is 3.70. The second kappa shape index (κ2) is 6.34. The van der Waals surface area contributed by atoms with Crippen LogP contribution in [0.3, 0.4) is 0 Å². The molecular weight excluding hydrogens is 310 g/mol. The first-order valence-electron chi connectivity index (χ1n) is 7.76. The molecule has 1 aliphatic carbocycles. The van der Waals surface area contributed by atoms with Gasteiger partial charge in [0.05, 0.1) is 17.6 Å². The normalized spacial score (nSPS) is 15.8. The zero-order chi connectivity index (χ0) is 16.4. The lowest BCUT2D eigenvalue weighted by atomic mass is 9.80. The average molecular weight is 331 g/mol. The summed E-state index contributed by atoms with van der Waals surface area (Å²) in [4.78, 5) is 14.1. The molecule has 3 rings (SSSR count). The molecular formula is C18H21NO3S. The number of carbonyl (C=O) groups is 1. The van der Waals surface area contributed by atoms with Crippen LogP contribution in [0.1, 0.15) is 33.8 Å². The molecule has 1 aliphatic rings. The number of methoxy groups -OCH3 is 1. The molecule has 0 atom stereocenters. The van der Waals surface area contributed by atoms with Gasteiger partial charge in [0.1, 0.15) is 5.75 Å². The van der Waals surface area contributed by atoms with Gasteiger partial charge in [-0.25, -0.2) is 0 Å². The second-order valence-electron chi connectivity index (χ2n) is 6.07. The number of benzene rings is 1. The Bertz CT molecular complexity index is 702. The molecule has 0 bridgehead atoms. The third kappa shape index (κ3) is 3.41. The van der Waals surface area contributed by atoms with Gasteiger partial charge in [0.25, 0.3) is 5.91 Å². The van der Waals surface area contributed by atoms with Crippen molar-refractivity contribution in [2.24, 2.45) is 0 Å². The van der Waals surface area contributed by atoms with Gasteiger partial charge < -0.3 is 15.2 Å². The number of aryl methyl sites for hydroxylation is 1. The van der Waals surface area contributed by atoms with Gasteiger partial charge in [-0.3, -0.25) is 4.79 Å². The van der Waals surface area contributed by atoms with Crippen molar-refractivity contribution in [2.45, 2.75) is 31.8 Å². The lowest BCUT2D eigenvalue weighted by Gasteiger charge is -2.36. The third-order valence-corrected chi connectivity index (χ3v) is 5.45. The maximum atomic E-state index is 12.3. The third-order valence-electron chi connectivity index (χ3n) is 4.40. The van der Waals surface area contributed by atoms with Crippen LogP contribution in [0.15, 0.2) is 30.3 Å². The van der Waals surface area contributed by atoms with Gasteiger partial charge in [0.15, 0.2) is 0 Å². The monoisotopic (exact) mass is 331 g/mol. The highest BCUT2D eigenvalue weighted by molar-refractivity contribution is 7.14. The van der Waals surface area contributed by atoms with Crippen LogP contribution in [0, 0.1) is 6.92 Å². The zero-order valence-electron chi connectivity index (χ0n) is 13.4. The molecule has 1 fully saturated rings. The van der Waals surface area contributed by atoms with Crippen LogP contribution in [-0.2, 0) is 0 Å². The van der Waals surface area contributed by atoms with Crippen molar-refractivity contribution < 1.29 is 14.6 Å². The predicted octanol–water partition coefficient (Wildman–Crippen LogP) is 3.38. The Morgan fingerprint density at radius 2 is 2.04 bits per heavy atom. The summed E-state index contributed by atoms with van der Waals surface area (Å²) >= 11 is 1.48. The van der Waals surface area contributed by atoms with Crippen LogP contribution in [-0.4, -0.2) is 30.3 Å². The van der Waals surface area contributed by atoms with Crippen molar-refractivity contribution in [3.8, 4) is 16.9 Å². The zero-order valence-corrected chi connectivity index (χ0v) is 14.2. The molecule has 2 aromatic rings. The summed E-state index contributed by atoms with van der Waals surface area (Å²) in [7, 11) is 1.64. The van der Waals surface area contributed by atoms with E-state index in [9.17, 15) is 9.90 Å². The van der Waals surface area contributed by atoms with E-state index in [-0.39, 0.29) is 5.91 Å². The van der Waals surface area contributed by atoms with Gasteiger partial charge in [0.2, 0.25) is 0 Å². The van der Waals surface area contributed by atoms with E-state index in [1.165, 1.54) is 11.3 Å². The van der Waals surface area contributed by atoms with E-state index in [0.717, 1.165) is 41.0 Å². The smallest absolute Gasteiger partial charge is 0.261 e. The Balaban J connectivity index is 1.73. The van der Waals surface area contributed by atoms with E-state index in [2.05, 4.69) is 5.32 Å². The predicted molar refractivity (Wildman–Crippen MR) is 92.2 cm³/mol. The van der Waals surface area contributed by atoms with E-state index in [0.29, 0.717) is 11.4 Å². The molecule has 122 valence electrons. The summed E-state index contributed by atoms with van der Waals surface area (Å²) in [5.74, 6) is 0.700. The second-order valence-corrected chi connectivity index (χ2v) is 7.33. The number of carbonyl (C=O) groups excluding carboxylic acids is 1. The summed E-state index contributed by atoms with van der Waals surface area (Å²) in [6.07, 6.45) is 2.58. The molecule has 0 spiro atoms. The quantitative estimate of drug-likeness (QED) is 0.883. The molecule has 23 heavy (non-hydrogen) atoms. The van der Waals surface area contributed by atoms with E-state index in [1.807, 2.05) is 37.3 Å². The summed E-state index contributed by atoms with van der Waals surface area (Å²) in [6, 6.07) is 9.73. The molecule has 0 unspecified atom stereocenters. The summed E-state index contributed by atoms with van der Waals surface area (Å²) in [5.41, 5.74) is 1.43. The molecule has 1 saturated carbocycles. The molecule has 0 saturated heterocycles. The molecule has 1 aromatic carbocycles. The lowest BCUT2D eigenvalue weighted by Crippen LogP contribution is -2.47. The Hall–Kier alpha value is -1.85. The molecule has 0 aliphatic heterocycles. The number of hydrogen-bond donors (Lipinski definition) is 2. The molecule has 5 heteroatoms. The maximum absolute atomic E-state index is 12.3. The topological polar surface area (TPSA) is 58.6 Å². The van der Waals surface area contributed by atoms with Crippen LogP contribution in [0.4, 0.5) is 0 Å². The highest BCUT2D eigenvalue weighted by Crippen LogP contribution is 2.33. The SMILES string of the molecule is COc1ccc(-c2cc(C(=O)NCC3(O)CCC3)sc2C)cc1. The van der Waals surface area contributed by atoms with Crippen molar-refractivity contribution in [1.29, 1.82) is 0 Å². The van der Waals surface area contributed by atoms with E-state index in [4.69, 9.17) is 4.74 Å². The standard InChI is InChI=1S/C18H21NO3S/c1-12-15(13-4-6-14(22-2)7-5-13)10-16(23-12)17(20)19-11-18(21)8-3-9-18/h4-7,10,21H,3,8-9,11H2,1-2H3,(H,19,20). The van der Waals surface area contributed by atoms with E-state index >= 15 is 0 Å². The van der Waals surface area contributed by atoms with Crippen molar-refractivity contribution in [3.63, 3.8) is 0 Å². The highest BCUT2D eigenvalue weighted by atomic mass is 32.1. The van der Waals surface area contributed by atoms with Gasteiger partial charge in [-0.15, -0.1) is 11.3 Å². The fraction of sp³-hybridized carbons (Fsp3) is 0.389. The molecule has 1 amide bonds.